The fourth-order valence-electron chi connectivity index (χ4n) is 2.07. The van der Waals surface area contributed by atoms with Gasteiger partial charge < -0.3 is 10.2 Å². The second-order valence-electron chi connectivity index (χ2n) is 5.80. The van der Waals surface area contributed by atoms with E-state index >= 15 is 0 Å². The van der Waals surface area contributed by atoms with Crippen molar-refractivity contribution < 1.29 is 45.7 Å². The van der Waals surface area contributed by atoms with Crippen LogP contribution in [0.4, 0.5) is 0 Å². The normalized spacial score (nSPS) is 11.5. The molecule has 6 N–H and O–H groups in total. The molecule has 2 amide bonds. The van der Waals surface area contributed by atoms with Crippen LogP contribution >= 0.6 is 0 Å². The van der Waals surface area contributed by atoms with E-state index in [0.717, 1.165) is 36.7 Å². The second-order valence-corrected chi connectivity index (χ2v) is 8.58. The molecular weight excluding hydrogens is 518 g/mol. The van der Waals surface area contributed by atoms with Crippen LogP contribution in [0.5, 0.6) is 11.5 Å². The van der Waals surface area contributed by atoms with Gasteiger partial charge in [-0.1, -0.05) is 0 Å². The average molecular weight is 532 g/mol. The number of carbonyl (C=O) groups is 2. The van der Waals surface area contributed by atoms with Crippen molar-refractivity contribution in [3.8, 4) is 11.5 Å². The topological polar surface area (TPSA) is 232 Å². The molecule has 14 nitrogen and oxygen atoms in total. The Morgan fingerprint density at radius 2 is 1.03 bits per heavy atom. The molecule has 172 valence electrons. The summed E-state index contributed by atoms with van der Waals surface area (Å²) in [5, 5.41) is 25.7. The molecule has 0 saturated heterocycles. The van der Waals surface area contributed by atoms with Gasteiger partial charge in [0.05, 0.1) is 12.4 Å². The third kappa shape index (κ3) is 9.41. The van der Waals surface area contributed by atoms with E-state index in [4.69, 9.17) is 9.11 Å². The second kappa shape index (κ2) is 13.3. The number of hydrazone groups is 2. The minimum atomic E-state index is -4.70. The van der Waals surface area contributed by atoms with Crippen LogP contribution in [0.25, 0.3) is 0 Å². The predicted molar refractivity (Wildman–Crippen MR) is 119 cm³/mol. The van der Waals surface area contributed by atoms with Gasteiger partial charge in [-0.25, -0.2) is 10.9 Å². The van der Waals surface area contributed by atoms with Gasteiger partial charge in [-0.15, -0.1) is 0 Å². The zero-order valence-electron chi connectivity index (χ0n) is 17.6. The number of nitrogens with zero attached hydrogens (tertiary/aromatic N) is 2. The number of aromatic hydroxyl groups is 2. The number of hydrogen-bond acceptors (Lipinski definition) is 10. The van der Waals surface area contributed by atoms with Crippen molar-refractivity contribution in [1.29, 1.82) is 0 Å². The number of benzene rings is 2. The van der Waals surface area contributed by atoms with Crippen LogP contribution in [0.15, 0.2) is 56.4 Å². The van der Waals surface area contributed by atoms with E-state index < -0.39 is 53.3 Å². The van der Waals surface area contributed by atoms with E-state index in [2.05, 4.69) is 10.2 Å². The molecule has 0 fully saturated rings. The minimum absolute atomic E-state index is 0. The van der Waals surface area contributed by atoms with Gasteiger partial charge in [-0.2, -0.15) is 27.0 Å². The number of rotatable bonds is 6. The Bertz CT molecular complexity index is 1240. The molecule has 0 saturated carbocycles. The molecule has 0 aliphatic carbocycles. The van der Waals surface area contributed by atoms with Crippen LogP contribution in [-0.4, -0.2) is 120 Å². The molecule has 0 atom stereocenters. The average Bonchev–Trinajstić information content (AvgIpc) is 2.68. The third-order valence-corrected chi connectivity index (χ3v) is 5.25. The number of phenols is 2. The van der Waals surface area contributed by atoms with E-state index in [1.165, 1.54) is 12.1 Å². The maximum atomic E-state index is 11.7. The van der Waals surface area contributed by atoms with Crippen molar-refractivity contribution in [3.63, 3.8) is 0 Å². The molecule has 0 heterocycles. The fraction of sp³-hybridized carbons (Fsp3) is 0. The quantitative estimate of drug-likeness (QED) is 0.0822. The molecule has 0 aliphatic heterocycles. The third-order valence-electron chi connectivity index (χ3n) is 3.49. The molecule has 0 unspecified atom stereocenters. The Morgan fingerprint density at radius 1 is 0.706 bits per heavy atom. The van der Waals surface area contributed by atoms with Crippen LogP contribution in [0.1, 0.15) is 11.1 Å². The monoisotopic (exact) mass is 532 g/mol. The number of hydrogen-bond donors (Lipinski definition) is 6. The van der Waals surface area contributed by atoms with Gasteiger partial charge in [0.25, 0.3) is 20.2 Å². The molecule has 2 rings (SSSR count). The van der Waals surface area contributed by atoms with E-state index in [0.29, 0.717) is 0 Å². The van der Waals surface area contributed by atoms with Gasteiger partial charge in [0.2, 0.25) is 0 Å². The molecule has 2 radical (unpaired) electrons. The summed E-state index contributed by atoms with van der Waals surface area (Å²) in [4.78, 5) is 21.7. The summed E-state index contributed by atoms with van der Waals surface area (Å²) in [6.07, 6.45) is 1.85. The molecule has 0 aliphatic rings. The van der Waals surface area contributed by atoms with Crippen molar-refractivity contribution in [2.45, 2.75) is 9.79 Å². The summed E-state index contributed by atoms with van der Waals surface area (Å²) in [6, 6.07) is 6.08. The number of nitrogens with one attached hydrogen (secondary N) is 2. The van der Waals surface area contributed by atoms with Gasteiger partial charge in [-0.05, 0) is 47.5 Å². The standard InChI is InChI=1S/C16H14N4O10S2.2Na/c21-11-3-1-9(5-13(11)31(25,26)27)7-17-19-15(23)16(24)20-18-8-10-2-4-12(22)14(6-10)32(28,29)30;;/h1-8,21-22H,(H,19,23)(H,20,24)(H,25,26,27)(H,28,29,30);;. The van der Waals surface area contributed by atoms with Gasteiger partial charge in [0.15, 0.2) is 0 Å². The summed E-state index contributed by atoms with van der Waals surface area (Å²) < 4.78 is 62.5. The number of phenolic OH excluding ortho intramolecular Hbond substituents is 2. The van der Waals surface area contributed by atoms with Crippen molar-refractivity contribution >= 4 is 104 Å². The maximum Gasteiger partial charge on any atom is 0.331 e. The molecule has 34 heavy (non-hydrogen) atoms. The Balaban J connectivity index is 0.00000544. The first-order chi connectivity index (χ1) is 14.8. The molecular formula is C16H14N4Na2O10S2. The molecule has 2 aromatic carbocycles. The van der Waals surface area contributed by atoms with E-state index in [-0.39, 0.29) is 70.2 Å². The first-order valence-corrected chi connectivity index (χ1v) is 10.9. The summed E-state index contributed by atoms with van der Waals surface area (Å²) in [5.74, 6) is -3.97. The van der Waals surface area contributed by atoms with Crippen LogP contribution < -0.4 is 10.9 Å². The molecule has 18 heteroatoms. The Hall–Kier alpha value is -1.86. The van der Waals surface area contributed by atoms with Gasteiger partial charge in [0, 0.05) is 59.1 Å². The summed E-state index contributed by atoms with van der Waals surface area (Å²) in [7, 11) is -9.40. The van der Waals surface area contributed by atoms with E-state index in [9.17, 15) is 36.6 Å². The van der Waals surface area contributed by atoms with Crippen molar-refractivity contribution in [3.05, 3.63) is 47.5 Å². The Kier molecular flexibility index (Phi) is 12.6. The fourth-order valence-corrected chi connectivity index (χ4v) is 3.30. The van der Waals surface area contributed by atoms with Crippen molar-refractivity contribution in [1.82, 2.24) is 10.9 Å². The zero-order valence-corrected chi connectivity index (χ0v) is 23.2. The first-order valence-electron chi connectivity index (χ1n) is 8.06. The summed E-state index contributed by atoms with van der Waals surface area (Å²) in [5.41, 5.74) is 3.73. The Labute approximate surface area is 237 Å². The van der Waals surface area contributed by atoms with Gasteiger partial charge >= 0.3 is 11.8 Å². The summed E-state index contributed by atoms with van der Waals surface area (Å²) >= 11 is 0. The first kappa shape index (κ1) is 32.1. The van der Waals surface area contributed by atoms with Crippen molar-refractivity contribution in [2.75, 3.05) is 0 Å². The minimum Gasteiger partial charge on any atom is -0.506 e. The molecule has 0 spiro atoms. The summed E-state index contributed by atoms with van der Waals surface area (Å²) in [6.45, 7) is 0. The van der Waals surface area contributed by atoms with Gasteiger partial charge in [-0.3, -0.25) is 18.7 Å². The largest absolute Gasteiger partial charge is 0.506 e. The Morgan fingerprint density at radius 3 is 1.32 bits per heavy atom. The van der Waals surface area contributed by atoms with Gasteiger partial charge in [0.1, 0.15) is 21.3 Å². The molecule has 0 aromatic heterocycles. The molecule has 0 bridgehead atoms. The van der Waals surface area contributed by atoms with Crippen LogP contribution in [0.3, 0.4) is 0 Å². The SMILES string of the molecule is O=C(NN=Cc1ccc(O)c(S(=O)(=O)O)c1)C(=O)NN=Cc1ccc(O)c(S(=O)(=O)O)c1.[Na].[Na]. The van der Waals surface area contributed by atoms with E-state index in [1.54, 1.807) is 0 Å². The van der Waals surface area contributed by atoms with Crippen LogP contribution in [0.2, 0.25) is 0 Å². The maximum absolute atomic E-state index is 11.7. The number of carbonyl (C=O) groups excluding carboxylic acids is 2. The molecule has 2 aromatic rings. The van der Waals surface area contributed by atoms with Crippen LogP contribution in [0, 0.1) is 0 Å². The van der Waals surface area contributed by atoms with E-state index in [1.807, 2.05) is 10.9 Å². The van der Waals surface area contributed by atoms with Crippen molar-refractivity contribution in [2.24, 2.45) is 10.2 Å². The zero-order chi connectivity index (χ0) is 24.1. The predicted octanol–water partition coefficient (Wildman–Crippen LogP) is -1.57. The number of amides is 2. The van der Waals surface area contributed by atoms with Crippen LogP contribution in [-0.2, 0) is 29.8 Å². The smallest absolute Gasteiger partial charge is 0.331 e.